The van der Waals surface area contributed by atoms with E-state index in [-0.39, 0.29) is 11.8 Å². The molecule has 2 aromatic carbocycles. The predicted octanol–water partition coefficient (Wildman–Crippen LogP) is 3.27. The van der Waals surface area contributed by atoms with Gasteiger partial charge in [0.05, 0.1) is 19.3 Å². The van der Waals surface area contributed by atoms with E-state index in [1.807, 2.05) is 49.3 Å². The van der Waals surface area contributed by atoms with Crippen LogP contribution in [-0.2, 0) is 11.2 Å². The van der Waals surface area contributed by atoms with Gasteiger partial charge in [-0.2, -0.15) is 0 Å². The van der Waals surface area contributed by atoms with E-state index in [9.17, 15) is 4.79 Å². The summed E-state index contributed by atoms with van der Waals surface area (Å²) in [5.74, 6) is 0.194. The molecule has 4 nitrogen and oxygen atoms in total. The van der Waals surface area contributed by atoms with E-state index in [1.165, 1.54) is 5.56 Å². The van der Waals surface area contributed by atoms with Gasteiger partial charge in [0.25, 0.3) is 0 Å². The lowest BCUT2D eigenvalue weighted by Gasteiger charge is -2.29. The number of morpholine rings is 1. The Morgan fingerprint density at radius 1 is 1.04 bits per heavy atom. The molecule has 0 amide bonds. The molecule has 0 N–H and O–H groups in total. The second-order valence-electron chi connectivity index (χ2n) is 7.01. The van der Waals surface area contributed by atoms with Gasteiger partial charge in [0, 0.05) is 24.3 Å². The predicted molar refractivity (Wildman–Crippen MR) is 106 cm³/mol. The fraction of sp³-hybridized carbons (Fsp3) is 0.409. The molecule has 1 atom stereocenters. The van der Waals surface area contributed by atoms with Crippen LogP contribution in [0.1, 0.15) is 22.3 Å². The van der Waals surface area contributed by atoms with Crippen molar-refractivity contribution in [3.63, 3.8) is 0 Å². The summed E-state index contributed by atoms with van der Waals surface area (Å²) in [6.07, 6.45) is 1.72. The van der Waals surface area contributed by atoms with Crippen molar-refractivity contribution in [1.82, 2.24) is 4.90 Å². The first kappa shape index (κ1) is 18.6. The Labute approximate surface area is 156 Å². The van der Waals surface area contributed by atoms with Crippen molar-refractivity contribution in [3.05, 3.63) is 65.7 Å². The standard InChI is InChI=1S/C22H28N2O2/c1-23(2)21(13-8-18-6-4-3-5-7-18)22(25)19-9-11-20(12-10-19)24-14-16-26-17-15-24/h3-7,9-12,21H,8,13-17H2,1-2H3. The van der Waals surface area contributed by atoms with Gasteiger partial charge in [-0.25, -0.2) is 0 Å². The molecule has 1 heterocycles. The topological polar surface area (TPSA) is 32.8 Å². The molecule has 1 aliphatic rings. The number of carbonyl (C=O) groups is 1. The highest BCUT2D eigenvalue weighted by atomic mass is 16.5. The molecule has 1 fully saturated rings. The number of anilines is 1. The van der Waals surface area contributed by atoms with E-state index in [0.717, 1.165) is 50.4 Å². The Hall–Kier alpha value is -2.17. The van der Waals surface area contributed by atoms with Gasteiger partial charge in [-0.1, -0.05) is 30.3 Å². The molecule has 1 saturated heterocycles. The van der Waals surface area contributed by atoms with E-state index in [0.29, 0.717) is 0 Å². The van der Waals surface area contributed by atoms with Crippen molar-refractivity contribution in [1.29, 1.82) is 0 Å². The van der Waals surface area contributed by atoms with E-state index in [1.54, 1.807) is 0 Å². The number of likely N-dealkylation sites (N-methyl/N-ethyl adjacent to an activating group) is 1. The van der Waals surface area contributed by atoms with Crippen LogP contribution in [0.25, 0.3) is 0 Å². The molecule has 2 aromatic rings. The summed E-state index contributed by atoms with van der Waals surface area (Å²) in [5, 5.41) is 0. The molecule has 1 unspecified atom stereocenters. The quantitative estimate of drug-likeness (QED) is 0.716. The maximum absolute atomic E-state index is 13.0. The fourth-order valence-corrected chi connectivity index (χ4v) is 3.42. The molecule has 0 saturated carbocycles. The number of rotatable bonds is 7. The number of carbonyl (C=O) groups excluding carboxylic acids is 1. The Morgan fingerprint density at radius 3 is 2.31 bits per heavy atom. The third kappa shape index (κ3) is 4.71. The smallest absolute Gasteiger partial charge is 0.179 e. The zero-order valence-corrected chi connectivity index (χ0v) is 15.7. The SMILES string of the molecule is CN(C)C(CCc1ccccc1)C(=O)c1ccc(N2CCOCC2)cc1. The highest BCUT2D eigenvalue weighted by Gasteiger charge is 2.22. The molecule has 26 heavy (non-hydrogen) atoms. The van der Waals surface area contributed by atoms with Crippen LogP contribution in [0.4, 0.5) is 5.69 Å². The number of Topliss-reactive ketones (excluding diaryl/α,β-unsaturated/α-hetero) is 1. The number of ether oxygens (including phenoxy) is 1. The lowest BCUT2D eigenvalue weighted by molar-refractivity contribution is 0.0867. The lowest BCUT2D eigenvalue weighted by atomic mass is 9.96. The molecule has 1 aliphatic heterocycles. The Morgan fingerprint density at radius 2 is 1.69 bits per heavy atom. The van der Waals surface area contributed by atoms with Gasteiger partial charge >= 0.3 is 0 Å². The zero-order chi connectivity index (χ0) is 18.4. The third-order valence-corrected chi connectivity index (χ3v) is 5.00. The average Bonchev–Trinajstić information content (AvgIpc) is 2.69. The van der Waals surface area contributed by atoms with Crippen LogP contribution in [-0.4, -0.2) is 57.1 Å². The monoisotopic (exact) mass is 352 g/mol. The summed E-state index contributed by atoms with van der Waals surface area (Å²) in [6, 6.07) is 18.3. The highest BCUT2D eigenvalue weighted by Crippen LogP contribution is 2.19. The van der Waals surface area contributed by atoms with Crippen molar-refractivity contribution in [2.45, 2.75) is 18.9 Å². The molecule has 0 bridgehead atoms. The summed E-state index contributed by atoms with van der Waals surface area (Å²) in [4.78, 5) is 17.4. The second-order valence-corrected chi connectivity index (χ2v) is 7.01. The molecular weight excluding hydrogens is 324 g/mol. The number of aryl methyl sites for hydroxylation is 1. The van der Waals surface area contributed by atoms with Gasteiger partial charge < -0.3 is 9.64 Å². The molecule has 0 aliphatic carbocycles. The number of ketones is 1. The van der Waals surface area contributed by atoms with E-state index in [2.05, 4.69) is 29.2 Å². The van der Waals surface area contributed by atoms with Gasteiger partial charge in [-0.3, -0.25) is 9.69 Å². The highest BCUT2D eigenvalue weighted by molar-refractivity contribution is 6.00. The largest absolute Gasteiger partial charge is 0.378 e. The first-order chi connectivity index (χ1) is 12.6. The van der Waals surface area contributed by atoms with Crippen LogP contribution < -0.4 is 4.90 Å². The summed E-state index contributed by atoms with van der Waals surface area (Å²) >= 11 is 0. The number of nitrogens with zero attached hydrogens (tertiary/aromatic N) is 2. The molecule has 0 radical (unpaired) electrons. The van der Waals surface area contributed by atoms with E-state index in [4.69, 9.17) is 4.74 Å². The van der Waals surface area contributed by atoms with Crippen LogP contribution in [0.15, 0.2) is 54.6 Å². The van der Waals surface area contributed by atoms with Crippen LogP contribution >= 0.6 is 0 Å². The molecular formula is C22H28N2O2. The lowest BCUT2D eigenvalue weighted by Crippen LogP contribution is -2.37. The first-order valence-corrected chi connectivity index (χ1v) is 9.32. The molecule has 3 rings (SSSR count). The molecule has 4 heteroatoms. The van der Waals surface area contributed by atoms with Crippen LogP contribution in [0.2, 0.25) is 0 Å². The number of hydrogen-bond donors (Lipinski definition) is 0. The van der Waals surface area contributed by atoms with E-state index >= 15 is 0 Å². The first-order valence-electron chi connectivity index (χ1n) is 9.32. The number of benzene rings is 2. The Bertz CT molecular complexity index is 692. The van der Waals surface area contributed by atoms with Crippen LogP contribution in [0.5, 0.6) is 0 Å². The Kier molecular flexibility index (Phi) is 6.42. The summed E-state index contributed by atoms with van der Waals surface area (Å²) < 4.78 is 5.40. The van der Waals surface area contributed by atoms with Crippen molar-refractivity contribution in [2.75, 3.05) is 45.3 Å². The van der Waals surface area contributed by atoms with Gasteiger partial charge in [0.2, 0.25) is 0 Å². The number of hydrogen-bond acceptors (Lipinski definition) is 4. The second kappa shape index (κ2) is 8.97. The van der Waals surface area contributed by atoms with Gasteiger partial charge in [0.1, 0.15) is 0 Å². The Balaban J connectivity index is 1.66. The molecule has 138 valence electrons. The van der Waals surface area contributed by atoms with Gasteiger partial charge in [-0.05, 0) is 56.8 Å². The minimum atomic E-state index is -0.107. The summed E-state index contributed by atoms with van der Waals surface area (Å²) in [6.45, 7) is 3.35. The minimum absolute atomic E-state index is 0.107. The minimum Gasteiger partial charge on any atom is -0.378 e. The summed E-state index contributed by atoms with van der Waals surface area (Å²) in [5.41, 5.74) is 3.22. The van der Waals surface area contributed by atoms with Crippen molar-refractivity contribution >= 4 is 11.5 Å². The van der Waals surface area contributed by atoms with Gasteiger partial charge in [0.15, 0.2) is 5.78 Å². The summed E-state index contributed by atoms with van der Waals surface area (Å²) in [7, 11) is 3.96. The average molecular weight is 352 g/mol. The van der Waals surface area contributed by atoms with Crippen molar-refractivity contribution in [3.8, 4) is 0 Å². The maximum atomic E-state index is 13.0. The molecule has 0 aromatic heterocycles. The third-order valence-electron chi connectivity index (χ3n) is 5.00. The molecule has 0 spiro atoms. The van der Waals surface area contributed by atoms with Crippen molar-refractivity contribution in [2.24, 2.45) is 0 Å². The normalized spacial score (nSPS) is 15.9. The van der Waals surface area contributed by atoms with Crippen LogP contribution in [0, 0.1) is 0 Å². The fourth-order valence-electron chi connectivity index (χ4n) is 3.42. The van der Waals surface area contributed by atoms with Crippen molar-refractivity contribution < 1.29 is 9.53 Å². The van der Waals surface area contributed by atoms with E-state index < -0.39 is 0 Å². The van der Waals surface area contributed by atoms with Gasteiger partial charge in [-0.15, -0.1) is 0 Å². The maximum Gasteiger partial charge on any atom is 0.179 e. The van der Waals surface area contributed by atoms with Crippen LogP contribution in [0.3, 0.4) is 0 Å². The zero-order valence-electron chi connectivity index (χ0n) is 15.7.